The van der Waals surface area contributed by atoms with Crippen molar-refractivity contribution in [2.45, 2.75) is 40.0 Å². The summed E-state index contributed by atoms with van der Waals surface area (Å²) in [7, 11) is -4.77. The summed E-state index contributed by atoms with van der Waals surface area (Å²) in [6.45, 7) is 14.6. The Bertz CT molecular complexity index is 3560. The second kappa shape index (κ2) is 14.1. The van der Waals surface area contributed by atoms with Crippen LogP contribution in [-0.2, 0) is 0 Å². The molecule has 318 valence electrons. The van der Waals surface area contributed by atoms with Gasteiger partial charge in [0.2, 0.25) is 0 Å². The van der Waals surface area contributed by atoms with Crippen LogP contribution in [0.15, 0.2) is 191 Å². The van der Waals surface area contributed by atoms with Crippen molar-refractivity contribution in [1.29, 1.82) is 0 Å². The zero-order valence-corrected chi connectivity index (χ0v) is 40.0. The van der Waals surface area contributed by atoms with Crippen LogP contribution in [0.2, 0.25) is 26.2 Å². The summed E-state index contributed by atoms with van der Waals surface area (Å²) in [6, 6.07) is 66.7. The lowest BCUT2D eigenvalue weighted by molar-refractivity contribution is 0.670. The van der Waals surface area contributed by atoms with Gasteiger partial charge >= 0.3 is 0 Å². The van der Waals surface area contributed by atoms with E-state index in [0.29, 0.717) is 0 Å². The molecule has 0 spiro atoms. The van der Waals surface area contributed by atoms with Crippen LogP contribution in [-0.4, -0.2) is 16.1 Å². The molecular formula is C60H48N2O2Si2. The van der Waals surface area contributed by atoms with Gasteiger partial charge in [-0.15, -0.1) is 0 Å². The first-order valence-electron chi connectivity index (χ1n) is 23.1. The molecule has 2 aliphatic heterocycles. The molecule has 4 nitrogen and oxygen atoms in total. The van der Waals surface area contributed by atoms with E-state index in [9.17, 15) is 0 Å². The number of hydrogen-bond donors (Lipinski definition) is 0. The van der Waals surface area contributed by atoms with E-state index in [0.717, 1.165) is 78.0 Å². The first-order chi connectivity index (χ1) is 32.1. The van der Waals surface area contributed by atoms with Gasteiger partial charge in [-0.2, -0.15) is 0 Å². The average Bonchev–Trinajstić information content (AvgIpc) is 4.04. The lowest BCUT2D eigenvalue weighted by atomic mass is 9.96. The van der Waals surface area contributed by atoms with Gasteiger partial charge in [0, 0.05) is 44.6 Å². The van der Waals surface area contributed by atoms with Gasteiger partial charge in [0.25, 0.3) is 0 Å². The molecule has 0 saturated heterocycles. The maximum Gasteiger partial charge on any atom is 0.145 e. The summed E-state index contributed by atoms with van der Waals surface area (Å²) in [5, 5.41) is 10.3. The SMILES string of the molecule is Cc1ccccc1N(c1ccccc1)c1cc2c(c3oc4ccccc4c13)-c1cc3c(cc1[Si]2(C)C)-c1c(cc(N(c2ccccc2)c2ccccc2C)c2c1oc1ccccc12)[Si]3(C)C. The molecule has 6 heteroatoms. The highest BCUT2D eigenvalue weighted by molar-refractivity contribution is 7.06. The van der Waals surface area contributed by atoms with Crippen molar-refractivity contribution in [2.24, 2.45) is 0 Å². The highest BCUT2D eigenvalue weighted by atomic mass is 28.3. The Labute approximate surface area is 387 Å². The molecule has 13 rings (SSSR count). The van der Waals surface area contributed by atoms with Gasteiger partial charge in [-0.25, -0.2) is 0 Å². The quantitative estimate of drug-likeness (QED) is 0.156. The fourth-order valence-electron chi connectivity index (χ4n) is 11.6. The molecule has 2 aromatic heterocycles. The fourth-order valence-corrected chi connectivity index (χ4v) is 17.6. The van der Waals surface area contributed by atoms with Crippen LogP contribution >= 0.6 is 0 Å². The number of para-hydroxylation sites is 6. The zero-order chi connectivity index (χ0) is 44.6. The minimum absolute atomic E-state index is 0.910. The predicted octanol–water partition coefficient (Wildman–Crippen LogP) is 14.6. The first kappa shape index (κ1) is 39.0. The summed E-state index contributed by atoms with van der Waals surface area (Å²) in [4.78, 5) is 4.93. The van der Waals surface area contributed by atoms with Crippen molar-refractivity contribution in [1.82, 2.24) is 0 Å². The molecule has 0 aliphatic carbocycles. The van der Waals surface area contributed by atoms with E-state index in [2.05, 4.69) is 232 Å². The number of anilines is 6. The van der Waals surface area contributed by atoms with Crippen LogP contribution in [0.25, 0.3) is 66.1 Å². The van der Waals surface area contributed by atoms with Crippen molar-refractivity contribution in [3.63, 3.8) is 0 Å². The van der Waals surface area contributed by atoms with Gasteiger partial charge in [0.15, 0.2) is 0 Å². The van der Waals surface area contributed by atoms with E-state index in [1.807, 2.05) is 0 Å². The van der Waals surface area contributed by atoms with E-state index in [1.165, 1.54) is 54.1 Å². The van der Waals surface area contributed by atoms with Crippen LogP contribution in [0, 0.1) is 13.8 Å². The van der Waals surface area contributed by atoms with Crippen LogP contribution in [0.3, 0.4) is 0 Å². The molecule has 0 saturated carbocycles. The molecule has 0 unspecified atom stereocenters. The maximum absolute atomic E-state index is 7.18. The van der Waals surface area contributed by atoms with Gasteiger partial charge < -0.3 is 18.6 Å². The number of furan rings is 2. The summed E-state index contributed by atoms with van der Waals surface area (Å²) in [6.07, 6.45) is 0. The van der Waals surface area contributed by atoms with E-state index >= 15 is 0 Å². The van der Waals surface area contributed by atoms with Gasteiger partial charge in [-0.1, -0.05) is 148 Å². The third-order valence-corrected chi connectivity index (χ3v) is 21.9. The molecule has 0 bridgehead atoms. The van der Waals surface area contributed by atoms with E-state index < -0.39 is 16.1 Å². The van der Waals surface area contributed by atoms with Crippen molar-refractivity contribution in [2.75, 3.05) is 9.80 Å². The Morgan fingerprint density at radius 3 is 1.14 bits per heavy atom. The number of nitrogens with zero attached hydrogens (tertiary/aromatic N) is 2. The minimum Gasteiger partial charge on any atom is -0.455 e. The molecule has 0 N–H and O–H groups in total. The molecule has 0 fully saturated rings. The molecular weight excluding hydrogens is 837 g/mol. The number of aryl methyl sites for hydroxylation is 2. The topological polar surface area (TPSA) is 32.8 Å². The lowest BCUT2D eigenvalue weighted by Gasteiger charge is -2.29. The zero-order valence-electron chi connectivity index (χ0n) is 38.0. The summed E-state index contributed by atoms with van der Waals surface area (Å²) in [5.41, 5.74) is 18.3. The van der Waals surface area contributed by atoms with E-state index in [1.54, 1.807) is 0 Å². The number of hydrogen-bond acceptors (Lipinski definition) is 4. The van der Waals surface area contributed by atoms with Crippen LogP contribution < -0.4 is 30.5 Å². The van der Waals surface area contributed by atoms with E-state index in [-0.39, 0.29) is 0 Å². The smallest absolute Gasteiger partial charge is 0.145 e. The molecule has 2 aliphatic rings. The third-order valence-electron chi connectivity index (χ3n) is 14.9. The van der Waals surface area contributed by atoms with Crippen molar-refractivity contribution < 1.29 is 8.83 Å². The number of fused-ring (bicyclic) bond motifs is 14. The third kappa shape index (κ3) is 5.37. The Kier molecular flexibility index (Phi) is 8.31. The van der Waals surface area contributed by atoms with Crippen molar-refractivity contribution >= 4 is 115 Å². The van der Waals surface area contributed by atoms with Gasteiger partial charge in [0.05, 0.1) is 22.1 Å². The Balaban J connectivity index is 1.09. The molecule has 0 amide bonds. The number of benzene rings is 9. The summed E-state index contributed by atoms with van der Waals surface area (Å²) in [5.74, 6) is 0. The highest BCUT2D eigenvalue weighted by Gasteiger charge is 2.47. The van der Waals surface area contributed by atoms with Crippen molar-refractivity contribution in [3.05, 3.63) is 193 Å². The molecule has 4 heterocycles. The molecule has 9 aromatic carbocycles. The Morgan fingerprint density at radius 2 is 0.727 bits per heavy atom. The van der Waals surface area contributed by atoms with Crippen LogP contribution in [0.4, 0.5) is 34.1 Å². The molecule has 0 atom stereocenters. The highest BCUT2D eigenvalue weighted by Crippen LogP contribution is 2.51. The normalized spacial score (nSPS) is 14.2. The number of rotatable bonds is 6. The molecule has 66 heavy (non-hydrogen) atoms. The van der Waals surface area contributed by atoms with Crippen molar-refractivity contribution in [3.8, 4) is 22.3 Å². The summed E-state index contributed by atoms with van der Waals surface area (Å²) >= 11 is 0. The fraction of sp³-hybridized carbons (Fsp3) is 0.100. The van der Waals surface area contributed by atoms with Gasteiger partial charge in [-0.3, -0.25) is 0 Å². The standard InChI is InChI=1S/C60H48N2O2Si2/c1-37-21-13-17-29-45(37)61(39-23-9-7-10-24-39)47-35-53-57(59-55(47)41-27-15-19-31-49(41)63-59)43-33-52-44(34-51(43)65(53,3)4)58-54(66(52,5)6)36-48(56-42-28-16-20-32-50(42)64-60(56)58)62(40-25-11-8-12-26-40)46-30-18-14-22-38(46)2/h7-36H,1-6H3. The second-order valence-corrected chi connectivity index (χ2v) is 28.0. The van der Waals surface area contributed by atoms with E-state index in [4.69, 9.17) is 8.83 Å². The Hall–Kier alpha value is -7.39. The summed E-state index contributed by atoms with van der Waals surface area (Å²) < 4.78 is 14.4. The molecule has 11 aromatic rings. The largest absolute Gasteiger partial charge is 0.455 e. The minimum atomic E-state index is -2.38. The molecule has 0 radical (unpaired) electrons. The van der Waals surface area contributed by atoms with Gasteiger partial charge in [-0.05, 0) is 118 Å². The Morgan fingerprint density at radius 1 is 0.364 bits per heavy atom. The maximum atomic E-state index is 7.18. The first-order valence-corrected chi connectivity index (χ1v) is 29.1. The second-order valence-electron chi connectivity index (χ2n) is 19.3. The monoisotopic (exact) mass is 884 g/mol. The van der Waals surface area contributed by atoms with Gasteiger partial charge in [0.1, 0.15) is 38.5 Å². The van der Waals surface area contributed by atoms with Crippen LogP contribution in [0.1, 0.15) is 11.1 Å². The predicted molar refractivity (Wildman–Crippen MR) is 284 cm³/mol. The van der Waals surface area contributed by atoms with Crippen LogP contribution in [0.5, 0.6) is 0 Å². The average molecular weight is 885 g/mol. The lowest BCUT2D eigenvalue weighted by Crippen LogP contribution is -2.51.